The third-order valence-electron chi connectivity index (χ3n) is 3.45. The number of amides is 1. The number of carbonyl (C=O) groups is 1. The summed E-state index contributed by atoms with van der Waals surface area (Å²) in [5, 5.41) is 2.72. The molecule has 2 aromatic heterocycles. The van der Waals surface area contributed by atoms with E-state index in [1.807, 2.05) is 30.3 Å². The number of pyridine rings is 2. The Balaban J connectivity index is 1.94. The smallest absolute Gasteiger partial charge is 0.273 e. The van der Waals surface area contributed by atoms with Gasteiger partial charge in [-0.15, -0.1) is 0 Å². The first-order valence-electron chi connectivity index (χ1n) is 7.22. The van der Waals surface area contributed by atoms with Crippen LogP contribution < -0.4 is 5.32 Å². The van der Waals surface area contributed by atoms with Gasteiger partial charge in [-0.3, -0.25) is 9.78 Å². The molecule has 1 amide bonds. The SMILES string of the molecule is O=C(N[C@H](c1ccccc1)c1cccnc1)c1ncc(F)cc1F. The van der Waals surface area contributed by atoms with Crippen LogP contribution in [0.25, 0.3) is 0 Å². The first-order valence-corrected chi connectivity index (χ1v) is 7.22. The van der Waals surface area contributed by atoms with E-state index in [4.69, 9.17) is 0 Å². The highest BCUT2D eigenvalue weighted by Crippen LogP contribution is 2.21. The van der Waals surface area contributed by atoms with Gasteiger partial charge >= 0.3 is 0 Å². The van der Waals surface area contributed by atoms with E-state index < -0.39 is 29.3 Å². The number of hydrogen-bond acceptors (Lipinski definition) is 3. The number of nitrogens with zero attached hydrogens (tertiary/aromatic N) is 2. The summed E-state index contributed by atoms with van der Waals surface area (Å²) in [4.78, 5) is 20.0. The van der Waals surface area contributed by atoms with E-state index in [1.165, 1.54) is 0 Å². The topological polar surface area (TPSA) is 54.9 Å². The van der Waals surface area contributed by atoms with Crippen LogP contribution in [0.5, 0.6) is 0 Å². The summed E-state index contributed by atoms with van der Waals surface area (Å²) in [6.07, 6.45) is 4.04. The average Bonchev–Trinajstić information content (AvgIpc) is 2.61. The minimum Gasteiger partial charge on any atom is -0.340 e. The van der Waals surface area contributed by atoms with Crippen LogP contribution in [0, 0.1) is 11.6 Å². The molecule has 0 saturated carbocycles. The van der Waals surface area contributed by atoms with E-state index in [-0.39, 0.29) is 0 Å². The fourth-order valence-corrected chi connectivity index (χ4v) is 2.33. The summed E-state index contributed by atoms with van der Waals surface area (Å²) in [5.74, 6) is -2.58. The summed E-state index contributed by atoms with van der Waals surface area (Å²) in [6.45, 7) is 0. The molecule has 0 unspecified atom stereocenters. The van der Waals surface area contributed by atoms with E-state index >= 15 is 0 Å². The molecule has 1 N–H and O–H groups in total. The van der Waals surface area contributed by atoms with Crippen molar-refractivity contribution in [2.45, 2.75) is 6.04 Å². The normalized spacial score (nSPS) is 11.8. The fourth-order valence-electron chi connectivity index (χ4n) is 2.33. The lowest BCUT2D eigenvalue weighted by molar-refractivity contribution is 0.0933. The predicted molar refractivity (Wildman–Crippen MR) is 84.1 cm³/mol. The Morgan fingerprint density at radius 1 is 1.00 bits per heavy atom. The minimum atomic E-state index is -1.01. The molecule has 1 aromatic carbocycles. The Bertz CT molecular complexity index is 802. The Morgan fingerprint density at radius 2 is 1.75 bits per heavy atom. The lowest BCUT2D eigenvalue weighted by Crippen LogP contribution is -2.30. The highest BCUT2D eigenvalue weighted by molar-refractivity contribution is 5.93. The molecule has 0 aliphatic heterocycles. The standard InChI is InChI=1S/C18H13F2N3O/c19-14-9-15(20)17(22-11-14)18(24)23-16(12-5-2-1-3-6-12)13-7-4-8-21-10-13/h1-11,16H,(H,23,24)/t16-/m1/s1. The van der Waals surface area contributed by atoms with Gasteiger partial charge in [-0.25, -0.2) is 13.8 Å². The van der Waals surface area contributed by atoms with Crippen molar-refractivity contribution in [2.75, 3.05) is 0 Å². The van der Waals surface area contributed by atoms with Gasteiger partial charge in [-0.1, -0.05) is 36.4 Å². The molecule has 0 aliphatic carbocycles. The van der Waals surface area contributed by atoms with Crippen molar-refractivity contribution in [3.05, 3.63) is 95.6 Å². The van der Waals surface area contributed by atoms with Crippen LogP contribution in [0.4, 0.5) is 8.78 Å². The molecule has 0 saturated heterocycles. The summed E-state index contributed by atoms with van der Waals surface area (Å²) in [7, 11) is 0. The predicted octanol–water partition coefficient (Wildman–Crippen LogP) is 3.27. The van der Waals surface area contributed by atoms with Crippen molar-refractivity contribution in [3.63, 3.8) is 0 Å². The zero-order valence-electron chi connectivity index (χ0n) is 12.5. The molecule has 0 bridgehead atoms. The van der Waals surface area contributed by atoms with Crippen LogP contribution in [0.2, 0.25) is 0 Å². The van der Waals surface area contributed by atoms with E-state index in [9.17, 15) is 13.6 Å². The van der Waals surface area contributed by atoms with Crippen LogP contribution >= 0.6 is 0 Å². The second kappa shape index (κ2) is 6.95. The Kier molecular flexibility index (Phi) is 4.56. The monoisotopic (exact) mass is 325 g/mol. The summed E-state index contributed by atoms with van der Waals surface area (Å²) >= 11 is 0. The first kappa shape index (κ1) is 15.7. The van der Waals surface area contributed by atoms with Gasteiger partial charge in [0.15, 0.2) is 11.5 Å². The average molecular weight is 325 g/mol. The number of rotatable bonds is 4. The Labute approximate surface area is 137 Å². The summed E-state index contributed by atoms with van der Waals surface area (Å²) in [5.41, 5.74) is 1.09. The third kappa shape index (κ3) is 3.43. The van der Waals surface area contributed by atoms with Gasteiger partial charge in [0, 0.05) is 18.5 Å². The van der Waals surface area contributed by atoms with Crippen LogP contribution in [-0.4, -0.2) is 15.9 Å². The number of nitrogens with one attached hydrogen (secondary N) is 1. The molecule has 0 spiro atoms. The zero-order valence-corrected chi connectivity index (χ0v) is 12.5. The third-order valence-corrected chi connectivity index (χ3v) is 3.45. The van der Waals surface area contributed by atoms with Crippen LogP contribution in [-0.2, 0) is 0 Å². The molecule has 4 nitrogen and oxygen atoms in total. The van der Waals surface area contributed by atoms with E-state index in [2.05, 4.69) is 15.3 Å². The Morgan fingerprint density at radius 3 is 2.42 bits per heavy atom. The van der Waals surface area contributed by atoms with Gasteiger partial charge in [-0.2, -0.15) is 0 Å². The maximum atomic E-state index is 13.8. The van der Waals surface area contributed by atoms with E-state index in [0.29, 0.717) is 6.07 Å². The maximum absolute atomic E-state index is 13.8. The molecule has 2 heterocycles. The number of hydrogen-bond donors (Lipinski definition) is 1. The quantitative estimate of drug-likeness (QED) is 0.801. The van der Waals surface area contributed by atoms with Crippen LogP contribution in [0.15, 0.2) is 67.1 Å². The van der Waals surface area contributed by atoms with E-state index in [1.54, 1.807) is 24.5 Å². The second-order valence-corrected chi connectivity index (χ2v) is 5.09. The molecule has 120 valence electrons. The van der Waals surface area contributed by atoms with Crippen LogP contribution in [0.3, 0.4) is 0 Å². The molecule has 6 heteroatoms. The highest BCUT2D eigenvalue weighted by atomic mass is 19.1. The van der Waals surface area contributed by atoms with E-state index in [0.717, 1.165) is 17.3 Å². The maximum Gasteiger partial charge on any atom is 0.273 e. The summed E-state index contributed by atoms with van der Waals surface area (Å²) in [6, 6.07) is 12.9. The molecule has 0 aliphatic rings. The zero-order chi connectivity index (χ0) is 16.9. The number of aromatic nitrogens is 2. The van der Waals surface area contributed by atoms with Crippen molar-refractivity contribution in [3.8, 4) is 0 Å². The Hall–Kier alpha value is -3.15. The van der Waals surface area contributed by atoms with Gasteiger partial charge in [0.25, 0.3) is 5.91 Å². The molecule has 3 rings (SSSR count). The van der Waals surface area contributed by atoms with Crippen molar-refractivity contribution in [1.82, 2.24) is 15.3 Å². The lowest BCUT2D eigenvalue weighted by atomic mass is 10.00. The molecular weight excluding hydrogens is 312 g/mol. The van der Waals surface area contributed by atoms with Gasteiger partial charge in [0.1, 0.15) is 5.82 Å². The molecular formula is C18H13F2N3O. The van der Waals surface area contributed by atoms with Gasteiger partial charge in [0.2, 0.25) is 0 Å². The molecule has 3 aromatic rings. The van der Waals surface area contributed by atoms with Gasteiger partial charge in [0.05, 0.1) is 12.2 Å². The molecule has 24 heavy (non-hydrogen) atoms. The van der Waals surface area contributed by atoms with Crippen molar-refractivity contribution in [2.24, 2.45) is 0 Å². The summed E-state index contributed by atoms with van der Waals surface area (Å²) < 4.78 is 26.7. The van der Waals surface area contributed by atoms with Crippen molar-refractivity contribution < 1.29 is 13.6 Å². The fraction of sp³-hybridized carbons (Fsp3) is 0.0556. The first-order chi connectivity index (χ1) is 11.6. The minimum absolute atomic E-state index is 0.457. The van der Waals surface area contributed by atoms with Crippen molar-refractivity contribution >= 4 is 5.91 Å². The second-order valence-electron chi connectivity index (χ2n) is 5.09. The number of benzene rings is 1. The van der Waals surface area contributed by atoms with Crippen LogP contribution in [0.1, 0.15) is 27.7 Å². The van der Waals surface area contributed by atoms with Crippen molar-refractivity contribution in [1.29, 1.82) is 0 Å². The highest BCUT2D eigenvalue weighted by Gasteiger charge is 2.21. The number of carbonyl (C=O) groups excluding carboxylic acids is 1. The molecule has 0 fully saturated rings. The molecule has 1 atom stereocenters. The van der Waals surface area contributed by atoms with Gasteiger partial charge < -0.3 is 5.32 Å². The molecule has 0 radical (unpaired) electrons. The van der Waals surface area contributed by atoms with Gasteiger partial charge in [-0.05, 0) is 17.2 Å². The lowest BCUT2D eigenvalue weighted by Gasteiger charge is -2.19. The largest absolute Gasteiger partial charge is 0.340 e. The number of halogens is 2.